The molecule has 0 rings (SSSR count). The summed E-state index contributed by atoms with van der Waals surface area (Å²) in [5, 5.41) is 10.1. The number of carbonyl (C=O) groups excluding carboxylic acids is 1. The fourth-order valence-electron chi connectivity index (χ4n) is 0.328. The number of hydrogen-bond donors (Lipinski definition) is 0. The van der Waals surface area contributed by atoms with Crippen LogP contribution in [0.15, 0.2) is 0 Å². The van der Waals surface area contributed by atoms with Crippen molar-refractivity contribution in [2.24, 2.45) is 0 Å². The Morgan fingerprint density at radius 3 is 2.78 bits per heavy atom. The van der Waals surface area contributed by atoms with E-state index in [1.54, 1.807) is 6.92 Å². The van der Waals surface area contributed by atoms with Crippen LogP contribution in [0.5, 0.6) is 0 Å². The fourth-order valence-corrected chi connectivity index (χ4v) is 0.328. The molecular formula is C5H9NO3. The van der Waals surface area contributed by atoms with Crippen LogP contribution in [0.1, 0.15) is 6.92 Å². The normalized spacial score (nSPS) is 11.1. The van der Waals surface area contributed by atoms with Crippen LogP contribution in [0, 0.1) is 5.21 Å². The molecule has 0 unspecified atom stereocenters. The molecule has 0 N–H and O–H groups in total. The second-order valence-electron chi connectivity index (χ2n) is 1.43. The Morgan fingerprint density at radius 1 is 1.89 bits per heavy atom. The maximum Gasteiger partial charge on any atom is 0.396 e. The van der Waals surface area contributed by atoms with E-state index < -0.39 is 5.97 Å². The zero-order chi connectivity index (χ0) is 7.28. The molecule has 0 heterocycles. The van der Waals surface area contributed by atoms with Crippen LogP contribution in [0.2, 0.25) is 0 Å². The first kappa shape index (κ1) is 7.94. The van der Waals surface area contributed by atoms with Crippen molar-refractivity contribution in [1.29, 1.82) is 0 Å². The van der Waals surface area contributed by atoms with Crippen LogP contribution >= 0.6 is 0 Å². The number of esters is 1. The maximum atomic E-state index is 10.3. The van der Waals surface area contributed by atoms with Gasteiger partial charge in [0.25, 0.3) is 6.21 Å². The van der Waals surface area contributed by atoms with Gasteiger partial charge in [0.2, 0.25) is 0 Å². The number of hydrogen-bond acceptors (Lipinski definition) is 3. The van der Waals surface area contributed by atoms with Crippen molar-refractivity contribution in [3.05, 3.63) is 5.21 Å². The number of nitrogens with zero attached hydrogens (tertiary/aromatic N) is 1. The number of ether oxygens (including phenoxy) is 1. The summed E-state index contributed by atoms with van der Waals surface area (Å²) in [6, 6.07) is 0. The molecule has 0 radical (unpaired) electrons. The zero-order valence-corrected chi connectivity index (χ0v) is 5.46. The molecule has 0 aliphatic rings. The highest BCUT2D eigenvalue weighted by molar-refractivity contribution is 6.20. The molecule has 0 amide bonds. The second-order valence-corrected chi connectivity index (χ2v) is 1.43. The molecule has 0 fully saturated rings. The molecule has 0 saturated carbocycles. The lowest BCUT2D eigenvalue weighted by atomic mass is 10.7. The van der Waals surface area contributed by atoms with Gasteiger partial charge in [-0.25, -0.2) is 9.53 Å². The first-order valence-corrected chi connectivity index (χ1v) is 2.58. The van der Waals surface area contributed by atoms with Crippen LogP contribution in [-0.2, 0) is 9.53 Å². The van der Waals surface area contributed by atoms with Gasteiger partial charge < -0.3 is 9.94 Å². The zero-order valence-electron chi connectivity index (χ0n) is 5.46. The predicted octanol–water partition coefficient (Wildman–Crippen LogP) is -0.240. The summed E-state index contributed by atoms with van der Waals surface area (Å²) in [4.78, 5) is 10.3. The summed E-state index contributed by atoms with van der Waals surface area (Å²) in [7, 11) is 1.22. The van der Waals surface area contributed by atoms with E-state index in [4.69, 9.17) is 0 Å². The van der Waals surface area contributed by atoms with E-state index in [0.717, 1.165) is 6.21 Å². The Hall–Kier alpha value is -1.06. The Kier molecular flexibility index (Phi) is 3.43. The van der Waals surface area contributed by atoms with E-state index in [2.05, 4.69) is 4.74 Å². The average Bonchev–Trinajstić information content (AvgIpc) is 1.63. The van der Waals surface area contributed by atoms with Crippen molar-refractivity contribution in [2.45, 2.75) is 6.92 Å². The summed E-state index contributed by atoms with van der Waals surface area (Å²) < 4.78 is 4.82. The summed E-state index contributed by atoms with van der Waals surface area (Å²) >= 11 is 0. The van der Waals surface area contributed by atoms with Crippen molar-refractivity contribution in [3.63, 3.8) is 0 Å². The molecule has 9 heavy (non-hydrogen) atoms. The third-order valence-corrected chi connectivity index (χ3v) is 0.574. The summed E-state index contributed by atoms with van der Waals surface area (Å²) in [5.41, 5.74) is 0. The Bertz CT molecular complexity index is 126. The topological polar surface area (TPSA) is 52.4 Å². The lowest BCUT2D eigenvalue weighted by molar-refractivity contribution is -0.417. The average molecular weight is 131 g/mol. The standard InChI is InChI=1S/C5H9NO3/c1-3-9-5(7)4-6(2)8/h4H,3H2,1-2H3. The second kappa shape index (κ2) is 3.88. The Labute approximate surface area is 53.3 Å². The molecule has 4 heteroatoms. The highest BCUT2D eigenvalue weighted by Gasteiger charge is 1.98. The number of hydroxylamine groups is 1. The minimum atomic E-state index is -0.602. The summed E-state index contributed by atoms with van der Waals surface area (Å²) in [6.45, 7) is 1.97. The summed E-state index contributed by atoms with van der Waals surface area (Å²) in [6.07, 6.45) is 0.837. The van der Waals surface area contributed by atoms with E-state index in [9.17, 15) is 10.0 Å². The van der Waals surface area contributed by atoms with Crippen molar-refractivity contribution in [2.75, 3.05) is 13.7 Å². The molecule has 0 aliphatic heterocycles. The van der Waals surface area contributed by atoms with Gasteiger partial charge in [-0.15, -0.1) is 0 Å². The molecule has 0 aliphatic carbocycles. The van der Waals surface area contributed by atoms with E-state index in [1.165, 1.54) is 7.05 Å². The van der Waals surface area contributed by atoms with Gasteiger partial charge in [-0.2, -0.15) is 0 Å². The minimum Gasteiger partial charge on any atom is -0.624 e. The molecule has 0 saturated heterocycles. The number of carbonyl (C=O) groups is 1. The van der Waals surface area contributed by atoms with Gasteiger partial charge in [0.15, 0.2) is 0 Å². The smallest absolute Gasteiger partial charge is 0.396 e. The van der Waals surface area contributed by atoms with Crippen molar-refractivity contribution in [1.82, 2.24) is 0 Å². The van der Waals surface area contributed by atoms with Gasteiger partial charge in [0.05, 0.1) is 6.61 Å². The molecule has 0 aromatic rings. The maximum absolute atomic E-state index is 10.3. The molecular weight excluding hydrogens is 122 g/mol. The van der Waals surface area contributed by atoms with Crippen molar-refractivity contribution >= 4 is 12.2 Å². The molecule has 0 spiro atoms. The van der Waals surface area contributed by atoms with Crippen LogP contribution in [-0.4, -0.2) is 30.6 Å². The first-order chi connectivity index (χ1) is 4.16. The van der Waals surface area contributed by atoms with E-state index in [1.807, 2.05) is 0 Å². The molecule has 0 bridgehead atoms. The lowest BCUT2D eigenvalue weighted by Crippen LogP contribution is -2.11. The third-order valence-electron chi connectivity index (χ3n) is 0.574. The van der Waals surface area contributed by atoms with Crippen LogP contribution < -0.4 is 0 Å². The van der Waals surface area contributed by atoms with E-state index in [0.29, 0.717) is 11.3 Å². The fraction of sp³-hybridized carbons (Fsp3) is 0.600. The van der Waals surface area contributed by atoms with Gasteiger partial charge in [-0.1, -0.05) is 0 Å². The lowest BCUT2D eigenvalue weighted by Gasteiger charge is -1.94. The molecule has 0 aromatic carbocycles. The number of rotatable bonds is 2. The predicted molar refractivity (Wildman–Crippen MR) is 32.2 cm³/mol. The van der Waals surface area contributed by atoms with E-state index >= 15 is 0 Å². The Morgan fingerprint density at radius 2 is 2.44 bits per heavy atom. The highest BCUT2D eigenvalue weighted by atomic mass is 16.5. The van der Waals surface area contributed by atoms with Crippen LogP contribution in [0.25, 0.3) is 0 Å². The molecule has 0 aromatic heterocycles. The summed E-state index contributed by atoms with van der Waals surface area (Å²) in [5.74, 6) is -0.602. The van der Waals surface area contributed by atoms with Crippen LogP contribution in [0.4, 0.5) is 0 Å². The SMILES string of the molecule is CCOC(=O)C=[N+](C)[O-]. The van der Waals surface area contributed by atoms with E-state index in [-0.39, 0.29) is 0 Å². The van der Waals surface area contributed by atoms with Gasteiger partial charge in [-0.05, 0) is 6.92 Å². The van der Waals surface area contributed by atoms with Gasteiger partial charge in [0, 0.05) is 0 Å². The molecule has 4 nitrogen and oxygen atoms in total. The quantitative estimate of drug-likeness (QED) is 0.171. The minimum absolute atomic E-state index is 0.295. The van der Waals surface area contributed by atoms with Gasteiger partial charge in [0.1, 0.15) is 7.05 Å². The van der Waals surface area contributed by atoms with Gasteiger partial charge >= 0.3 is 5.97 Å². The Balaban J connectivity index is 3.63. The van der Waals surface area contributed by atoms with Crippen LogP contribution in [0.3, 0.4) is 0 Å². The largest absolute Gasteiger partial charge is 0.624 e. The highest BCUT2D eigenvalue weighted by Crippen LogP contribution is 1.71. The molecule has 0 atom stereocenters. The third kappa shape index (κ3) is 4.80. The van der Waals surface area contributed by atoms with Crippen molar-refractivity contribution in [3.8, 4) is 0 Å². The van der Waals surface area contributed by atoms with Gasteiger partial charge in [-0.3, -0.25) is 0 Å². The molecule has 52 valence electrons. The monoisotopic (exact) mass is 131 g/mol. The first-order valence-electron chi connectivity index (χ1n) is 2.58. The van der Waals surface area contributed by atoms with Crippen molar-refractivity contribution < 1.29 is 14.3 Å².